The average Bonchev–Trinajstić information content (AvgIpc) is 2.89. The topological polar surface area (TPSA) is 54.4 Å². The van der Waals surface area contributed by atoms with E-state index in [2.05, 4.69) is 0 Å². The maximum absolute atomic E-state index is 11.3. The normalized spacial score (nSPS) is 16.7. The van der Waals surface area contributed by atoms with Crippen molar-refractivity contribution in [3.63, 3.8) is 0 Å². The lowest BCUT2D eigenvalue weighted by Gasteiger charge is -2.07. The maximum atomic E-state index is 11.3. The molecule has 0 saturated heterocycles. The van der Waals surface area contributed by atoms with Gasteiger partial charge in [0.1, 0.15) is 5.75 Å². The quantitative estimate of drug-likeness (QED) is 0.871. The largest absolute Gasteiger partial charge is 0.508 e. The fourth-order valence-electron chi connectivity index (χ4n) is 1.56. The van der Waals surface area contributed by atoms with Gasteiger partial charge in [-0.25, -0.2) is 8.42 Å². The molecule has 5 heteroatoms. The van der Waals surface area contributed by atoms with Gasteiger partial charge < -0.3 is 5.11 Å². The van der Waals surface area contributed by atoms with Gasteiger partial charge in [-0.05, 0) is 30.4 Å². The molecule has 3 nitrogen and oxygen atoms in total. The molecule has 0 aromatic heterocycles. The Morgan fingerprint density at radius 2 is 2.00 bits per heavy atom. The predicted molar refractivity (Wildman–Crippen MR) is 58.2 cm³/mol. The molecule has 1 aromatic carbocycles. The van der Waals surface area contributed by atoms with E-state index >= 15 is 0 Å². The zero-order valence-electron chi connectivity index (χ0n) is 8.20. The summed E-state index contributed by atoms with van der Waals surface area (Å²) < 4.78 is 22.6. The standard InChI is InChI=1S/C10H11ClO3S/c1-15(13,14)10-5-9(12)7(4-8(10)11)6-2-3-6/h4-6,12H,2-3H2,1H3. The van der Waals surface area contributed by atoms with Crippen LogP contribution in [0, 0.1) is 0 Å². The van der Waals surface area contributed by atoms with Gasteiger partial charge in [0.2, 0.25) is 0 Å². The van der Waals surface area contributed by atoms with E-state index in [0.717, 1.165) is 24.7 Å². The van der Waals surface area contributed by atoms with Crippen molar-refractivity contribution in [2.24, 2.45) is 0 Å². The second-order valence-corrected chi connectivity index (χ2v) is 6.28. The van der Waals surface area contributed by atoms with E-state index < -0.39 is 9.84 Å². The molecule has 82 valence electrons. The number of benzene rings is 1. The van der Waals surface area contributed by atoms with Crippen LogP contribution in [0.15, 0.2) is 17.0 Å². The Hall–Kier alpha value is -0.740. The third-order valence-corrected chi connectivity index (χ3v) is 4.06. The lowest BCUT2D eigenvalue weighted by molar-refractivity contribution is 0.466. The highest BCUT2D eigenvalue weighted by molar-refractivity contribution is 7.90. The van der Waals surface area contributed by atoms with Crippen LogP contribution in [0.2, 0.25) is 5.02 Å². The van der Waals surface area contributed by atoms with Crippen molar-refractivity contribution in [1.82, 2.24) is 0 Å². The first-order valence-corrected chi connectivity index (χ1v) is 6.89. The summed E-state index contributed by atoms with van der Waals surface area (Å²) in [5.41, 5.74) is 0.757. The molecule has 0 spiro atoms. The van der Waals surface area contributed by atoms with Crippen molar-refractivity contribution in [1.29, 1.82) is 0 Å². The smallest absolute Gasteiger partial charge is 0.177 e. The molecular formula is C10H11ClO3S. The van der Waals surface area contributed by atoms with Crippen LogP contribution in [-0.4, -0.2) is 19.8 Å². The third kappa shape index (κ3) is 2.11. The molecule has 0 atom stereocenters. The number of phenolic OH excluding ortho intramolecular Hbond substituents is 1. The van der Waals surface area contributed by atoms with Gasteiger partial charge in [0.15, 0.2) is 9.84 Å². The highest BCUT2D eigenvalue weighted by Gasteiger charge is 2.28. The van der Waals surface area contributed by atoms with E-state index in [9.17, 15) is 13.5 Å². The minimum absolute atomic E-state index is 0.00827. The number of sulfone groups is 1. The minimum atomic E-state index is -3.37. The lowest BCUT2D eigenvalue weighted by Crippen LogP contribution is -1.99. The molecular weight excluding hydrogens is 236 g/mol. The van der Waals surface area contributed by atoms with Gasteiger partial charge in [-0.15, -0.1) is 0 Å². The van der Waals surface area contributed by atoms with Gasteiger partial charge in [0, 0.05) is 12.3 Å². The molecule has 1 N–H and O–H groups in total. The molecule has 0 aliphatic heterocycles. The van der Waals surface area contributed by atoms with Crippen LogP contribution in [0.5, 0.6) is 5.75 Å². The zero-order chi connectivity index (χ0) is 11.2. The second-order valence-electron chi connectivity index (χ2n) is 3.89. The Labute approximate surface area is 93.6 Å². The second kappa shape index (κ2) is 3.39. The van der Waals surface area contributed by atoms with E-state index in [-0.39, 0.29) is 15.7 Å². The zero-order valence-corrected chi connectivity index (χ0v) is 9.77. The van der Waals surface area contributed by atoms with Crippen LogP contribution in [-0.2, 0) is 9.84 Å². The summed E-state index contributed by atoms with van der Waals surface area (Å²) in [4.78, 5) is -0.00827. The summed E-state index contributed by atoms with van der Waals surface area (Å²) >= 11 is 5.87. The number of hydrogen-bond acceptors (Lipinski definition) is 3. The Morgan fingerprint density at radius 3 is 2.47 bits per heavy atom. The Morgan fingerprint density at radius 1 is 1.40 bits per heavy atom. The minimum Gasteiger partial charge on any atom is -0.508 e. The summed E-state index contributed by atoms with van der Waals surface area (Å²) in [6.07, 6.45) is 3.13. The van der Waals surface area contributed by atoms with E-state index in [0.29, 0.717) is 5.92 Å². The van der Waals surface area contributed by atoms with E-state index in [4.69, 9.17) is 11.6 Å². The summed E-state index contributed by atoms with van der Waals surface area (Å²) in [6, 6.07) is 2.80. The summed E-state index contributed by atoms with van der Waals surface area (Å²) in [5, 5.41) is 9.86. The van der Waals surface area contributed by atoms with Crippen molar-refractivity contribution in [3.8, 4) is 5.75 Å². The highest BCUT2D eigenvalue weighted by Crippen LogP contribution is 2.45. The Kier molecular flexibility index (Phi) is 2.43. The van der Waals surface area contributed by atoms with Crippen LogP contribution in [0.25, 0.3) is 0 Å². The van der Waals surface area contributed by atoms with Crippen LogP contribution < -0.4 is 0 Å². The van der Waals surface area contributed by atoms with Gasteiger partial charge in [-0.1, -0.05) is 11.6 Å². The lowest BCUT2D eigenvalue weighted by atomic mass is 10.1. The first kappa shape index (κ1) is 10.8. The Bertz CT molecular complexity index is 504. The van der Waals surface area contributed by atoms with Crippen molar-refractivity contribution in [2.75, 3.05) is 6.26 Å². The average molecular weight is 247 g/mol. The van der Waals surface area contributed by atoms with Gasteiger partial charge in [-0.2, -0.15) is 0 Å². The van der Waals surface area contributed by atoms with Crippen molar-refractivity contribution in [3.05, 3.63) is 22.7 Å². The van der Waals surface area contributed by atoms with Gasteiger partial charge in [0.25, 0.3) is 0 Å². The summed E-state index contributed by atoms with van der Waals surface area (Å²) in [6.45, 7) is 0. The highest BCUT2D eigenvalue weighted by atomic mass is 35.5. The summed E-state index contributed by atoms with van der Waals surface area (Å²) in [5.74, 6) is 0.374. The van der Waals surface area contributed by atoms with Crippen LogP contribution >= 0.6 is 11.6 Å². The van der Waals surface area contributed by atoms with Crippen LogP contribution in [0.1, 0.15) is 24.3 Å². The number of hydrogen-bond donors (Lipinski definition) is 1. The molecule has 0 amide bonds. The van der Waals surface area contributed by atoms with Gasteiger partial charge in [0.05, 0.1) is 9.92 Å². The molecule has 0 bridgehead atoms. The molecule has 1 fully saturated rings. The van der Waals surface area contributed by atoms with E-state index in [1.165, 1.54) is 6.07 Å². The fraction of sp³-hybridized carbons (Fsp3) is 0.400. The summed E-state index contributed by atoms with van der Waals surface area (Å²) in [7, 11) is -3.37. The monoisotopic (exact) mass is 246 g/mol. The Balaban J connectivity index is 2.57. The van der Waals surface area contributed by atoms with Gasteiger partial charge in [-0.3, -0.25) is 0 Å². The van der Waals surface area contributed by atoms with Gasteiger partial charge >= 0.3 is 0 Å². The molecule has 1 aliphatic carbocycles. The molecule has 0 unspecified atom stereocenters. The van der Waals surface area contributed by atoms with Crippen molar-refractivity contribution in [2.45, 2.75) is 23.7 Å². The SMILES string of the molecule is CS(=O)(=O)c1cc(O)c(C2CC2)cc1Cl. The first-order valence-electron chi connectivity index (χ1n) is 4.62. The number of phenols is 1. The number of aromatic hydroxyl groups is 1. The molecule has 1 saturated carbocycles. The molecule has 1 aromatic rings. The van der Waals surface area contributed by atoms with Crippen LogP contribution in [0.4, 0.5) is 0 Å². The number of halogens is 1. The van der Waals surface area contributed by atoms with E-state index in [1.54, 1.807) is 6.07 Å². The fourth-order valence-corrected chi connectivity index (χ4v) is 2.89. The first-order chi connectivity index (χ1) is 6.89. The molecule has 0 radical (unpaired) electrons. The van der Waals surface area contributed by atoms with Crippen LogP contribution in [0.3, 0.4) is 0 Å². The molecule has 0 heterocycles. The van der Waals surface area contributed by atoms with E-state index in [1.807, 2.05) is 0 Å². The predicted octanol–water partition coefficient (Wildman–Crippen LogP) is 2.33. The van der Waals surface area contributed by atoms with Crippen molar-refractivity contribution >= 4 is 21.4 Å². The van der Waals surface area contributed by atoms with Crippen molar-refractivity contribution < 1.29 is 13.5 Å². The molecule has 2 rings (SSSR count). The maximum Gasteiger partial charge on any atom is 0.177 e. The molecule has 15 heavy (non-hydrogen) atoms. The molecule has 1 aliphatic rings. The third-order valence-electron chi connectivity index (χ3n) is 2.50. The number of rotatable bonds is 2.